The van der Waals surface area contributed by atoms with Gasteiger partial charge in [0.1, 0.15) is 0 Å². The van der Waals surface area contributed by atoms with Gasteiger partial charge in [-0.15, -0.1) is 24.8 Å². The molecule has 3 nitrogen and oxygen atoms in total. The molecular formula is C9H16Cl2N2O. The first-order valence-corrected chi connectivity index (χ1v) is 4.03. The van der Waals surface area contributed by atoms with Crippen molar-refractivity contribution >= 4 is 24.8 Å². The van der Waals surface area contributed by atoms with Crippen LogP contribution in [-0.4, -0.2) is 12.1 Å². The molecule has 0 saturated heterocycles. The van der Waals surface area contributed by atoms with E-state index in [9.17, 15) is 0 Å². The zero-order valence-electron chi connectivity index (χ0n) is 8.27. The molecular weight excluding hydrogens is 223 g/mol. The van der Waals surface area contributed by atoms with Crippen molar-refractivity contribution in [2.45, 2.75) is 19.4 Å². The smallest absolute Gasteiger partial charge is 0.212 e. The number of halogens is 2. The number of nitrogens with zero attached hydrogens (tertiary/aromatic N) is 1. The van der Waals surface area contributed by atoms with Crippen LogP contribution < -0.4 is 10.5 Å². The van der Waals surface area contributed by atoms with Crippen LogP contribution in [0.15, 0.2) is 18.3 Å². The van der Waals surface area contributed by atoms with Crippen molar-refractivity contribution in [1.29, 1.82) is 0 Å². The SMILES string of the molecule is CC[C@H](N)c1ccc(OC)nc1.Cl.Cl. The summed E-state index contributed by atoms with van der Waals surface area (Å²) in [5, 5.41) is 0. The highest BCUT2D eigenvalue weighted by molar-refractivity contribution is 5.85. The molecule has 1 rings (SSSR count). The molecule has 1 aromatic heterocycles. The first-order chi connectivity index (χ1) is 5.77. The van der Waals surface area contributed by atoms with E-state index in [1.54, 1.807) is 13.3 Å². The predicted octanol–water partition coefficient (Wildman–Crippen LogP) is 2.34. The molecule has 0 aliphatic heterocycles. The van der Waals surface area contributed by atoms with E-state index in [2.05, 4.69) is 11.9 Å². The first kappa shape index (κ1) is 15.9. The normalized spacial score (nSPS) is 10.8. The van der Waals surface area contributed by atoms with E-state index in [0.29, 0.717) is 5.88 Å². The van der Waals surface area contributed by atoms with Crippen LogP contribution in [0.2, 0.25) is 0 Å². The summed E-state index contributed by atoms with van der Waals surface area (Å²) in [7, 11) is 1.60. The van der Waals surface area contributed by atoms with Crippen LogP contribution in [0.4, 0.5) is 0 Å². The van der Waals surface area contributed by atoms with Gasteiger partial charge >= 0.3 is 0 Å². The summed E-state index contributed by atoms with van der Waals surface area (Å²) in [4.78, 5) is 4.06. The van der Waals surface area contributed by atoms with Gasteiger partial charge < -0.3 is 10.5 Å². The molecule has 0 aliphatic rings. The van der Waals surface area contributed by atoms with Crippen LogP contribution in [0.1, 0.15) is 24.9 Å². The summed E-state index contributed by atoms with van der Waals surface area (Å²) < 4.78 is 4.93. The predicted molar refractivity (Wildman–Crippen MR) is 62.5 cm³/mol. The average molecular weight is 239 g/mol. The van der Waals surface area contributed by atoms with Gasteiger partial charge in [0.25, 0.3) is 0 Å². The lowest BCUT2D eigenvalue weighted by Gasteiger charge is -2.08. The number of pyridine rings is 1. The number of nitrogens with two attached hydrogens (primary N) is 1. The van der Waals surface area contributed by atoms with Crippen LogP contribution in [0, 0.1) is 0 Å². The second-order valence-corrected chi connectivity index (χ2v) is 2.65. The second kappa shape index (κ2) is 7.85. The molecule has 0 aliphatic carbocycles. The minimum absolute atomic E-state index is 0. The lowest BCUT2D eigenvalue weighted by molar-refractivity contribution is 0.397. The van der Waals surface area contributed by atoms with Crippen molar-refractivity contribution in [3.63, 3.8) is 0 Å². The van der Waals surface area contributed by atoms with Crippen molar-refractivity contribution in [2.24, 2.45) is 5.73 Å². The number of methoxy groups -OCH3 is 1. The van der Waals surface area contributed by atoms with Crippen LogP contribution >= 0.6 is 24.8 Å². The molecule has 0 spiro atoms. The van der Waals surface area contributed by atoms with E-state index in [1.807, 2.05) is 12.1 Å². The summed E-state index contributed by atoms with van der Waals surface area (Å²) in [6.07, 6.45) is 2.68. The first-order valence-electron chi connectivity index (χ1n) is 4.03. The van der Waals surface area contributed by atoms with Crippen molar-refractivity contribution in [2.75, 3.05) is 7.11 Å². The van der Waals surface area contributed by atoms with Crippen molar-refractivity contribution in [1.82, 2.24) is 4.98 Å². The van der Waals surface area contributed by atoms with Crippen LogP contribution in [0.25, 0.3) is 0 Å². The minimum Gasteiger partial charge on any atom is -0.481 e. The standard InChI is InChI=1S/C9H14N2O.2ClH/c1-3-8(10)7-4-5-9(12-2)11-6-7;;/h4-6,8H,3,10H2,1-2H3;2*1H/t8-;;/m0../s1. The fourth-order valence-corrected chi connectivity index (χ4v) is 0.968. The number of hydrogen-bond donors (Lipinski definition) is 1. The third kappa shape index (κ3) is 4.13. The Morgan fingerprint density at radius 2 is 2.07 bits per heavy atom. The lowest BCUT2D eigenvalue weighted by Crippen LogP contribution is -2.08. The maximum atomic E-state index is 5.80. The van der Waals surface area contributed by atoms with Crippen molar-refractivity contribution in [3.8, 4) is 5.88 Å². The summed E-state index contributed by atoms with van der Waals surface area (Å²) in [5.74, 6) is 0.627. The fourth-order valence-electron chi connectivity index (χ4n) is 0.968. The molecule has 0 radical (unpaired) electrons. The average Bonchev–Trinajstić information content (AvgIpc) is 2.17. The Kier molecular flexibility index (Phi) is 8.94. The zero-order valence-corrected chi connectivity index (χ0v) is 9.90. The van der Waals surface area contributed by atoms with E-state index in [4.69, 9.17) is 10.5 Å². The summed E-state index contributed by atoms with van der Waals surface area (Å²) in [6.45, 7) is 2.05. The van der Waals surface area contributed by atoms with E-state index < -0.39 is 0 Å². The van der Waals surface area contributed by atoms with Gasteiger partial charge in [-0.25, -0.2) is 4.98 Å². The second-order valence-electron chi connectivity index (χ2n) is 2.65. The monoisotopic (exact) mass is 238 g/mol. The molecule has 1 atom stereocenters. The van der Waals surface area contributed by atoms with Gasteiger partial charge in [-0.05, 0) is 12.0 Å². The minimum atomic E-state index is 0. The van der Waals surface area contributed by atoms with E-state index in [1.165, 1.54) is 0 Å². The highest BCUT2D eigenvalue weighted by atomic mass is 35.5. The van der Waals surface area contributed by atoms with Gasteiger partial charge in [0.2, 0.25) is 5.88 Å². The highest BCUT2D eigenvalue weighted by Crippen LogP contribution is 2.14. The van der Waals surface area contributed by atoms with Gasteiger partial charge in [-0.1, -0.05) is 13.0 Å². The Hall–Kier alpha value is -0.510. The van der Waals surface area contributed by atoms with Gasteiger partial charge in [-0.2, -0.15) is 0 Å². The van der Waals surface area contributed by atoms with Crippen LogP contribution in [0.5, 0.6) is 5.88 Å². The molecule has 0 amide bonds. The maximum absolute atomic E-state index is 5.80. The maximum Gasteiger partial charge on any atom is 0.212 e. The topological polar surface area (TPSA) is 48.1 Å². The Bertz CT molecular complexity index is 241. The van der Waals surface area contributed by atoms with Crippen molar-refractivity contribution in [3.05, 3.63) is 23.9 Å². The van der Waals surface area contributed by atoms with Gasteiger partial charge in [0, 0.05) is 18.3 Å². The molecule has 1 aromatic rings. The quantitative estimate of drug-likeness (QED) is 0.880. The van der Waals surface area contributed by atoms with E-state index in [-0.39, 0.29) is 30.9 Å². The number of aromatic nitrogens is 1. The third-order valence-electron chi connectivity index (χ3n) is 1.84. The summed E-state index contributed by atoms with van der Waals surface area (Å²) in [6, 6.07) is 3.86. The molecule has 14 heavy (non-hydrogen) atoms. The molecule has 1 heterocycles. The molecule has 0 unspecified atom stereocenters. The van der Waals surface area contributed by atoms with Crippen LogP contribution in [-0.2, 0) is 0 Å². The third-order valence-corrected chi connectivity index (χ3v) is 1.84. The summed E-state index contributed by atoms with van der Waals surface area (Å²) >= 11 is 0. The molecule has 0 saturated carbocycles. The van der Waals surface area contributed by atoms with Crippen molar-refractivity contribution < 1.29 is 4.74 Å². The number of rotatable bonds is 3. The van der Waals surface area contributed by atoms with E-state index >= 15 is 0 Å². The molecule has 82 valence electrons. The van der Waals surface area contributed by atoms with E-state index in [0.717, 1.165) is 12.0 Å². The summed E-state index contributed by atoms with van der Waals surface area (Å²) in [5.41, 5.74) is 6.86. The number of ether oxygens (including phenoxy) is 1. The zero-order chi connectivity index (χ0) is 8.97. The Morgan fingerprint density at radius 3 is 2.43 bits per heavy atom. The van der Waals surface area contributed by atoms with Gasteiger partial charge in [-0.3, -0.25) is 0 Å². The molecule has 5 heteroatoms. The fraction of sp³-hybridized carbons (Fsp3) is 0.444. The highest BCUT2D eigenvalue weighted by Gasteiger charge is 2.02. The Morgan fingerprint density at radius 1 is 1.43 bits per heavy atom. The van der Waals surface area contributed by atoms with Gasteiger partial charge in [0.05, 0.1) is 7.11 Å². The Labute approximate surface area is 96.9 Å². The molecule has 2 N–H and O–H groups in total. The molecule has 0 fully saturated rings. The van der Waals surface area contributed by atoms with Gasteiger partial charge in [0.15, 0.2) is 0 Å². The molecule has 0 bridgehead atoms. The Balaban J connectivity index is 0. The largest absolute Gasteiger partial charge is 0.481 e. The number of hydrogen-bond acceptors (Lipinski definition) is 3. The lowest BCUT2D eigenvalue weighted by atomic mass is 10.1. The van der Waals surface area contributed by atoms with Crippen LogP contribution in [0.3, 0.4) is 0 Å². The molecule has 0 aromatic carbocycles.